The quantitative estimate of drug-likeness (QED) is 0.371. The molecule has 0 bridgehead atoms. The van der Waals surface area contributed by atoms with E-state index in [1.807, 2.05) is 12.1 Å². The van der Waals surface area contributed by atoms with Gasteiger partial charge >= 0.3 is 0 Å². The molecule has 6 heteroatoms. The summed E-state index contributed by atoms with van der Waals surface area (Å²) >= 11 is 3.55. The van der Waals surface area contributed by atoms with Crippen molar-refractivity contribution in [3.8, 4) is 34.1 Å². The number of imidazole rings is 1. The predicted octanol–water partition coefficient (Wildman–Crippen LogP) is 2.30. The SMILES string of the molecule is COc1ccc(-n2c(-c3ccc(Br)cc3)c[n+]3c2CCc2ccccc2-3)c(OC)c1.[Br-]. The van der Waals surface area contributed by atoms with Crippen LogP contribution in [0.5, 0.6) is 11.5 Å². The molecule has 0 N–H and O–H groups in total. The zero-order valence-electron chi connectivity index (χ0n) is 17.3. The molecule has 0 saturated heterocycles. The van der Waals surface area contributed by atoms with E-state index in [1.165, 1.54) is 17.1 Å². The first-order chi connectivity index (χ1) is 14.7. The van der Waals surface area contributed by atoms with Crippen molar-refractivity contribution < 1.29 is 31.0 Å². The van der Waals surface area contributed by atoms with Gasteiger partial charge in [-0.3, -0.25) is 0 Å². The number of aromatic nitrogens is 2. The van der Waals surface area contributed by atoms with Crippen LogP contribution in [0.4, 0.5) is 0 Å². The minimum Gasteiger partial charge on any atom is -1.00 e. The van der Waals surface area contributed by atoms with Crippen molar-refractivity contribution in [3.05, 3.63) is 88.8 Å². The summed E-state index contributed by atoms with van der Waals surface area (Å²) in [4.78, 5) is 0. The highest BCUT2D eigenvalue weighted by molar-refractivity contribution is 9.10. The molecular weight excluding hydrogens is 520 g/mol. The lowest BCUT2D eigenvalue weighted by Crippen LogP contribution is -3.00. The second kappa shape index (κ2) is 8.89. The standard InChI is InChI=1S/C25H22BrN2O2.BrH/c1-29-20-12-13-22(24(15-20)30-2)28-23(18-7-10-19(26)11-8-18)16-27-21-6-4-3-5-17(21)9-14-25(27)28;/h3-8,10-13,15-16H,9,14H2,1-2H3;1H/q+1;/p-1. The summed E-state index contributed by atoms with van der Waals surface area (Å²) in [6, 6.07) is 23.1. The Bertz CT molecular complexity index is 1230. The highest BCUT2D eigenvalue weighted by atomic mass is 79.9. The Hall–Kier alpha value is -2.57. The van der Waals surface area contributed by atoms with Crippen molar-refractivity contribution in [2.45, 2.75) is 12.8 Å². The normalized spacial score (nSPS) is 11.8. The molecule has 31 heavy (non-hydrogen) atoms. The van der Waals surface area contributed by atoms with Gasteiger partial charge in [0.05, 0.1) is 20.6 Å². The van der Waals surface area contributed by atoms with E-state index in [4.69, 9.17) is 9.47 Å². The summed E-state index contributed by atoms with van der Waals surface area (Å²) in [5.74, 6) is 2.79. The second-order valence-electron chi connectivity index (χ2n) is 7.31. The third-order valence-electron chi connectivity index (χ3n) is 5.67. The third kappa shape index (κ3) is 3.79. The number of halogens is 2. The average Bonchev–Trinajstić information content (AvgIpc) is 3.19. The van der Waals surface area contributed by atoms with Crippen molar-refractivity contribution in [1.82, 2.24) is 4.57 Å². The number of benzene rings is 3. The summed E-state index contributed by atoms with van der Waals surface area (Å²) < 4.78 is 16.9. The number of nitrogens with zero attached hydrogens (tertiary/aromatic N) is 2. The van der Waals surface area contributed by atoms with Crippen LogP contribution in [0.3, 0.4) is 0 Å². The van der Waals surface area contributed by atoms with E-state index in [0.29, 0.717) is 0 Å². The fourth-order valence-corrected chi connectivity index (χ4v) is 4.47. The Morgan fingerprint density at radius 2 is 1.68 bits per heavy atom. The molecule has 0 aliphatic carbocycles. The fraction of sp³-hybridized carbons (Fsp3) is 0.160. The van der Waals surface area contributed by atoms with Crippen LogP contribution >= 0.6 is 15.9 Å². The van der Waals surface area contributed by atoms with Crippen molar-refractivity contribution in [3.63, 3.8) is 0 Å². The number of rotatable bonds is 4. The monoisotopic (exact) mass is 540 g/mol. The highest BCUT2D eigenvalue weighted by Gasteiger charge is 2.32. The number of fused-ring (bicyclic) bond motifs is 3. The van der Waals surface area contributed by atoms with Crippen LogP contribution in [-0.2, 0) is 12.8 Å². The molecule has 1 aliphatic heterocycles. The predicted molar refractivity (Wildman–Crippen MR) is 121 cm³/mol. The van der Waals surface area contributed by atoms with Crippen molar-refractivity contribution in [1.29, 1.82) is 0 Å². The minimum absolute atomic E-state index is 0. The van der Waals surface area contributed by atoms with Crippen LogP contribution < -0.4 is 31.0 Å². The Morgan fingerprint density at radius 3 is 2.42 bits per heavy atom. The van der Waals surface area contributed by atoms with Gasteiger partial charge in [-0.1, -0.05) is 34.1 Å². The largest absolute Gasteiger partial charge is 1.00 e. The van der Waals surface area contributed by atoms with Crippen LogP contribution in [0.15, 0.2) is 77.4 Å². The smallest absolute Gasteiger partial charge is 0.267 e. The van der Waals surface area contributed by atoms with E-state index in [2.05, 4.69) is 85.9 Å². The van der Waals surface area contributed by atoms with Gasteiger partial charge in [-0.05, 0) is 54.4 Å². The van der Waals surface area contributed by atoms with E-state index >= 15 is 0 Å². The van der Waals surface area contributed by atoms with Crippen LogP contribution in [0.25, 0.3) is 22.6 Å². The molecule has 4 nitrogen and oxygen atoms in total. The van der Waals surface area contributed by atoms with E-state index in [1.54, 1.807) is 14.2 Å². The molecule has 0 unspecified atom stereocenters. The van der Waals surface area contributed by atoms with Gasteiger partial charge in [-0.25, -0.2) is 0 Å². The van der Waals surface area contributed by atoms with Gasteiger partial charge in [0.2, 0.25) is 0 Å². The van der Waals surface area contributed by atoms with E-state index in [-0.39, 0.29) is 17.0 Å². The summed E-state index contributed by atoms with van der Waals surface area (Å²) in [6.45, 7) is 0. The Morgan fingerprint density at radius 1 is 0.903 bits per heavy atom. The average molecular weight is 542 g/mol. The second-order valence-corrected chi connectivity index (χ2v) is 8.23. The summed E-state index contributed by atoms with van der Waals surface area (Å²) in [6.07, 6.45) is 4.20. The fourth-order valence-electron chi connectivity index (χ4n) is 4.21. The number of aryl methyl sites for hydroxylation is 1. The van der Waals surface area contributed by atoms with Crippen LogP contribution in [-0.4, -0.2) is 18.8 Å². The highest BCUT2D eigenvalue weighted by Crippen LogP contribution is 2.35. The summed E-state index contributed by atoms with van der Waals surface area (Å²) in [5.41, 5.74) is 5.89. The molecule has 2 heterocycles. The number of methoxy groups -OCH3 is 2. The van der Waals surface area contributed by atoms with Crippen molar-refractivity contribution in [2.75, 3.05) is 14.2 Å². The Balaban J connectivity index is 0.00000231. The molecule has 0 radical (unpaired) electrons. The third-order valence-corrected chi connectivity index (χ3v) is 6.19. The van der Waals surface area contributed by atoms with Crippen molar-refractivity contribution >= 4 is 15.9 Å². The molecule has 0 spiro atoms. The van der Waals surface area contributed by atoms with Crippen LogP contribution in [0, 0.1) is 0 Å². The van der Waals surface area contributed by atoms with Crippen LogP contribution in [0.1, 0.15) is 11.4 Å². The van der Waals surface area contributed by atoms with E-state index in [9.17, 15) is 0 Å². The van der Waals surface area contributed by atoms with Gasteiger partial charge in [0.15, 0.2) is 17.1 Å². The molecule has 1 aliphatic rings. The maximum atomic E-state index is 5.76. The topological polar surface area (TPSA) is 27.3 Å². The molecule has 1 aromatic heterocycles. The van der Waals surface area contributed by atoms with E-state index in [0.717, 1.165) is 45.8 Å². The van der Waals surface area contributed by atoms with Crippen molar-refractivity contribution in [2.24, 2.45) is 0 Å². The lowest BCUT2D eigenvalue weighted by molar-refractivity contribution is -0.606. The van der Waals surface area contributed by atoms with Gasteiger partial charge < -0.3 is 26.5 Å². The Kier molecular flexibility index (Phi) is 6.21. The zero-order chi connectivity index (χ0) is 20.7. The maximum Gasteiger partial charge on any atom is 0.267 e. The summed E-state index contributed by atoms with van der Waals surface area (Å²) in [5, 5.41) is 0. The molecule has 0 fully saturated rings. The molecule has 0 saturated carbocycles. The number of para-hydroxylation sites is 1. The zero-order valence-corrected chi connectivity index (χ0v) is 20.5. The molecule has 0 atom stereocenters. The molecule has 158 valence electrons. The first-order valence-electron chi connectivity index (χ1n) is 9.92. The lowest BCUT2D eigenvalue weighted by atomic mass is 10.0. The minimum atomic E-state index is 0. The van der Waals surface area contributed by atoms with Crippen LogP contribution in [0.2, 0.25) is 0 Å². The van der Waals surface area contributed by atoms with Gasteiger partial charge in [0.25, 0.3) is 5.82 Å². The van der Waals surface area contributed by atoms with Gasteiger partial charge in [0, 0.05) is 16.1 Å². The van der Waals surface area contributed by atoms with Gasteiger partial charge in [0.1, 0.15) is 17.6 Å². The number of hydrogen-bond acceptors (Lipinski definition) is 2. The maximum absolute atomic E-state index is 5.76. The molecule has 5 rings (SSSR count). The Labute approximate surface area is 201 Å². The van der Waals surface area contributed by atoms with E-state index < -0.39 is 0 Å². The number of hydrogen-bond donors (Lipinski definition) is 0. The summed E-state index contributed by atoms with van der Waals surface area (Å²) in [7, 11) is 3.38. The first kappa shape index (κ1) is 21.7. The van der Waals surface area contributed by atoms with Gasteiger partial charge in [-0.2, -0.15) is 9.13 Å². The molecule has 0 amide bonds. The molecule has 4 aromatic rings. The molecule has 3 aromatic carbocycles. The first-order valence-corrected chi connectivity index (χ1v) is 10.7. The molecular formula is C25H22Br2N2O2. The van der Waals surface area contributed by atoms with Gasteiger partial charge in [-0.15, -0.1) is 0 Å². The number of ether oxygens (including phenoxy) is 2. The lowest BCUT2D eigenvalue weighted by Gasteiger charge is -2.15.